The fraction of sp³-hybridized carbons (Fsp3) is 0.435. The fourth-order valence-corrected chi connectivity index (χ4v) is 3.84. The fourth-order valence-electron chi connectivity index (χ4n) is 3.84. The maximum absolute atomic E-state index is 12.5. The molecule has 0 radical (unpaired) electrons. The van der Waals surface area contributed by atoms with Gasteiger partial charge in [0.1, 0.15) is 12.1 Å². The number of carboxylic acids is 1. The second kappa shape index (κ2) is 12.5. The van der Waals surface area contributed by atoms with E-state index in [0.717, 1.165) is 23.4 Å². The van der Waals surface area contributed by atoms with E-state index >= 15 is 0 Å². The van der Waals surface area contributed by atoms with E-state index in [1.807, 2.05) is 24.3 Å². The van der Waals surface area contributed by atoms with E-state index in [4.69, 9.17) is 21.4 Å². The summed E-state index contributed by atoms with van der Waals surface area (Å²) in [5, 5.41) is 13.5. The van der Waals surface area contributed by atoms with Crippen molar-refractivity contribution in [2.24, 2.45) is 11.5 Å². The van der Waals surface area contributed by atoms with Gasteiger partial charge in [-0.05, 0) is 31.4 Å². The number of para-hydroxylation sites is 1. The first-order valence-electron chi connectivity index (χ1n) is 11.2. The first-order chi connectivity index (χ1) is 16.5. The third-order valence-corrected chi connectivity index (χ3v) is 5.43. The maximum Gasteiger partial charge on any atom is 0.300 e. The van der Waals surface area contributed by atoms with Crippen LogP contribution in [0.2, 0.25) is 0 Å². The molecular formula is C23H32N6O6. The standard InChI is InChI=1S/C21H28N6O4.C2H4O2/c1-12(22)21(31)27-8-4-7-17(27)20(30)25-11-18(28)26-16(19(23)29)9-13-10-24-15-6-3-2-5-14(13)15;1-2(3)4/h2-3,5-6,10,12,16-17,24H,4,7-9,11,22H2,1H3,(H2,23,29)(H,25,30)(H,26,28);1H3,(H,3,4). The van der Waals surface area contributed by atoms with Gasteiger partial charge in [-0.1, -0.05) is 18.2 Å². The number of carbonyl (C=O) groups is 5. The third kappa shape index (κ3) is 7.81. The van der Waals surface area contributed by atoms with Crippen LogP contribution in [-0.4, -0.2) is 75.8 Å². The number of primary amides is 1. The lowest BCUT2D eigenvalue weighted by Crippen LogP contribution is -2.53. The first-order valence-corrected chi connectivity index (χ1v) is 11.2. The third-order valence-electron chi connectivity index (χ3n) is 5.43. The molecule has 2 heterocycles. The predicted octanol–water partition coefficient (Wildman–Crippen LogP) is -0.774. The Morgan fingerprint density at radius 3 is 2.51 bits per heavy atom. The quantitative estimate of drug-likeness (QED) is 0.280. The number of fused-ring (bicyclic) bond motifs is 1. The highest BCUT2D eigenvalue weighted by molar-refractivity contribution is 5.93. The molecule has 35 heavy (non-hydrogen) atoms. The summed E-state index contributed by atoms with van der Waals surface area (Å²) >= 11 is 0. The number of amides is 4. The monoisotopic (exact) mass is 488 g/mol. The summed E-state index contributed by atoms with van der Waals surface area (Å²) in [6.07, 6.45) is 3.20. The van der Waals surface area contributed by atoms with Crippen LogP contribution in [0.3, 0.4) is 0 Å². The van der Waals surface area contributed by atoms with E-state index in [2.05, 4.69) is 15.6 Å². The Balaban J connectivity index is 0.00000100. The van der Waals surface area contributed by atoms with Gasteiger partial charge in [-0.2, -0.15) is 0 Å². The normalized spacial score (nSPS) is 16.5. The second-order valence-corrected chi connectivity index (χ2v) is 8.30. The first kappa shape index (κ1) is 27.3. The minimum absolute atomic E-state index is 0.221. The van der Waals surface area contributed by atoms with Gasteiger partial charge in [0.25, 0.3) is 5.97 Å². The van der Waals surface area contributed by atoms with Crippen molar-refractivity contribution >= 4 is 40.5 Å². The lowest BCUT2D eigenvalue weighted by molar-refractivity contribution is -0.139. The molecule has 0 spiro atoms. The highest BCUT2D eigenvalue weighted by Crippen LogP contribution is 2.19. The molecule has 1 aromatic carbocycles. The highest BCUT2D eigenvalue weighted by atomic mass is 16.4. The molecule has 3 unspecified atom stereocenters. The number of H-pyrrole nitrogens is 1. The number of aromatic amines is 1. The smallest absolute Gasteiger partial charge is 0.300 e. The van der Waals surface area contributed by atoms with E-state index in [-0.39, 0.29) is 18.9 Å². The van der Waals surface area contributed by atoms with Gasteiger partial charge in [0.05, 0.1) is 12.6 Å². The van der Waals surface area contributed by atoms with Crippen molar-refractivity contribution in [3.05, 3.63) is 36.0 Å². The van der Waals surface area contributed by atoms with Crippen LogP contribution in [0.15, 0.2) is 30.5 Å². The van der Waals surface area contributed by atoms with Crippen LogP contribution in [0, 0.1) is 0 Å². The van der Waals surface area contributed by atoms with E-state index in [0.29, 0.717) is 19.4 Å². The largest absolute Gasteiger partial charge is 0.481 e. The summed E-state index contributed by atoms with van der Waals surface area (Å²) in [4.78, 5) is 62.4. The lowest BCUT2D eigenvalue weighted by Gasteiger charge is -2.25. The summed E-state index contributed by atoms with van der Waals surface area (Å²) in [5.41, 5.74) is 12.9. The number of nitrogens with zero attached hydrogens (tertiary/aromatic N) is 1. The van der Waals surface area contributed by atoms with Crippen LogP contribution in [0.1, 0.15) is 32.3 Å². The van der Waals surface area contributed by atoms with Crippen molar-refractivity contribution in [1.82, 2.24) is 20.5 Å². The Morgan fingerprint density at radius 1 is 1.23 bits per heavy atom. The zero-order valence-corrected chi connectivity index (χ0v) is 19.7. The van der Waals surface area contributed by atoms with Gasteiger partial charge in [0.2, 0.25) is 23.6 Å². The molecule has 12 nitrogen and oxygen atoms in total. The van der Waals surface area contributed by atoms with Crippen LogP contribution >= 0.6 is 0 Å². The number of hydrogen-bond acceptors (Lipinski definition) is 6. The number of likely N-dealkylation sites (tertiary alicyclic amines) is 1. The van der Waals surface area contributed by atoms with Crippen molar-refractivity contribution in [2.45, 2.75) is 51.2 Å². The Morgan fingerprint density at radius 2 is 1.89 bits per heavy atom. The minimum Gasteiger partial charge on any atom is -0.481 e. The molecule has 8 N–H and O–H groups in total. The molecule has 1 aliphatic heterocycles. The molecule has 1 saturated heterocycles. The molecule has 12 heteroatoms. The van der Waals surface area contributed by atoms with Crippen LogP contribution in [0.25, 0.3) is 10.9 Å². The Labute approximate surface area is 202 Å². The number of nitrogens with one attached hydrogen (secondary N) is 3. The molecule has 1 aliphatic rings. The minimum atomic E-state index is -0.925. The Kier molecular flexibility index (Phi) is 9.76. The number of carboxylic acid groups (broad SMARTS) is 1. The Bertz CT molecular complexity index is 1080. The summed E-state index contributed by atoms with van der Waals surface area (Å²) in [7, 11) is 0. The average molecular weight is 489 g/mol. The van der Waals surface area contributed by atoms with Crippen LogP contribution < -0.4 is 22.1 Å². The highest BCUT2D eigenvalue weighted by Gasteiger charge is 2.35. The lowest BCUT2D eigenvalue weighted by atomic mass is 10.0. The Hall–Kier alpha value is -3.93. The van der Waals surface area contributed by atoms with Gasteiger partial charge in [-0.25, -0.2) is 0 Å². The summed E-state index contributed by atoms with van der Waals surface area (Å²) < 4.78 is 0. The number of nitrogens with two attached hydrogens (primary N) is 2. The van der Waals surface area contributed by atoms with Crippen molar-refractivity contribution < 1.29 is 29.1 Å². The van der Waals surface area contributed by atoms with Gasteiger partial charge in [-0.3, -0.25) is 24.0 Å². The molecule has 0 bridgehead atoms. The summed E-state index contributed by atoms with van der Waals surface area (Å²) in [6, 6.07) is 5.34. The number of carbonyl (C=O) groups excluding carboxylic acids is 4. The average Bonchev–Trinajstić information content (AvgIpc) is 3.43. The van der Waals surface area contributed by atoms with Crippen LogP contribution in [0.4, 0.5) is 0 Å². The SMILES string of the molecule is CC(=O)O.CC(N)C(=O)N1CCCC1C(=O)NCC(=O)NC(Cc1c[nH]c2ccccc12)C(N)=O. The number of hydrogen-bond donors (Lipinski definition) is 6. The van der Waals surface area contributed by atoms with Crippen molar-refractivity contribution in [1.29, 1.82) is 0 Å². The number of benzene rings is 1. The summed E-state index contributed by atoms with van der Waals surface area (Å²) in [5.74, 6) is -2.77. The van der Waals surface area contributed by atoms with Crippen molar-refractivity contribution in [3.8, 4) is 0 Å². The predicted molar refractivity (Wildman–Crippen MR) is 128 cm³/mol. The molecule has 3 atom stereocenters. The molecule has 190 valence electrons. The van der Waals surface area contributed by atoms with Gasteiger partial charge in [0, 0.05) is 37.0 Å². The molecule has 1 fully saturated rings. The van der Waals surface area contributed by atoms with Gasteiger partial charge >= 0.3 is 0 Å². The van der Waals surface area contributed by atoms with Gasteiger partial charge in [0.15, 0.2) is 0 Å². The molecule has 4 amide bonds. The molecule has 2 aromatic rings. The molecule has 1 aromatic heterocycles. The number of rotatable bonds is 8. The van der Waals surface area contributed by atoms with Crippen LogP contribution in [0.5, 0.6) is 0 Å². The second-order valence-electron chi connectivity index (χ2n) is 8.30. The van der Waals surface area contributed by atoms with E-state index in [9.17, 15) is 19.2 Å². The van der Waals surface area contributed by atoms with Crippen molar-refractivity contribution in [2.75, 3.05) is 13.1 Å². The van der Waals surface area contributed by atoms with E-state index < -0.39 is 41.8 Å². The number of aromatic nitrogens is 1. The van der Waals surface area contributed by atoms with E-state index in [1.165, 1.54) is 4.90 Å². The molecule has 0 aliphatic carbocycles. The van der Waals surface area contributed by atoms with Crippen molar-refractivity contribution in [3.63, 3.8) is 0 Å². The molecule has 3 rings (SSSR count). The summed E-state index contributed by atoms with van der Waals surface area (Å²) in [6.45, 7) is 2.78. The zero-order valence-electron chi connectivity index (χ0n) is 19.7. The number of aliphatic carboxylic acids is 1. The topological polar surface area (TPSA) is 201 Å². The zero-order chi connectivity index (χ0) is 26.1. The van der Waals surface area contributed by atoms with E-state index in [1.54, 1.807) is 13.1 Å². The maximum atomic E-state index is 12.5. The van der Waals surface area contributed by atoms with Gasteiger partial charge in [-0.15, -0.1) is 0 Å². The molecule has 0 saturated carbocycles. The van der Waals surface area contributed by atoms with Gasteiger partial charge < -0.3 is 37.1 Å². The van der Waals surface area contributed by atoms with Crippen LogP contribution in [-0.2, 0) is 30.4 Å². The molecular weight excluding hydrogens is 456 g/mol.